The summed E-state index contributed by atoms with van der Waals surface area (Å²) in [5, 5.41) is 0. The first-order chi connectivity index (χ1) is 10.2. The Hall–Kier alpha value is -2.17. The van der Waals surface area contributed by atoms with Crippen molar-refractivity contribution in [1.82, 2.24) is 5.48 Å². The van der Waals surface area contributed by atoms with E-state index in [-0.39, 0.29) is 24.6 Å². The fourth-order valence-corrected chi connectivity index (χ4v) is 1.86. The number of carbonyl (C=O) groups is 2. The van der Waals surface area contributed by atoms with Crippen molar-refractivity contribution in [2.45, 2.75) is 19.4 Å². The lowest BCUT2D eigenvalue weighted by Gasteiger charge is -2.12. The highest BCUT2D eigenvalue weighted by Crippen LogP contribution is 2.04. The van der Waals surface area contributed by atoms with Crippen LogP contribution >= 0.6 is 12.4 Å². The molecule has 0 saturated carbocycles. The van der Waals surface area contributed by atoms with Crippen LogP contribution in [-0.2, 0) is 16.1 Å². The van der Waals surface area contributed by atoms with Gasteiger partial charge in [0.15, 0.2) is 5.78 Å². The minimum atomic E-state index is -0.591. The maximum Gasteiger partial charge on any atom is 0.329 e. The standard InChI is InChI=1S/C17H17NO3.ClH/c1-13(17(20)15-10-6-3-7-11-15)18-21-16(19)12-14-8-4-2-5-9-14;/h2-11,13,18H,12H2,1H3;1H/t13-;/m0./s1. The molecule has 0 saturated heterocycles. The van der Waals surface area contributed by atoms with Crippen LogP contribution in [0.4, 0.5) is 0 Å². The Labute approximate surface area is 135 Å². The third kappa shape index (κ3) is 5.31. The van der Waals surface area contributed by atoms with Crippen LogP contribution in [0.5, 0.6) is 0 Å². The van der Waals surface area contributed by atoms with Crippen molar-refractivity contribution in [2.75, 3.05) is 0 Å². The highest BCUT2D eigenvalue weighted by Gasteiger charge is 2.16. The number of carbonyl (C=O) groups excluding carboxylic acids is 2. The summed E-state index contributed by atoms with van der Waals surface area (Å²) in [6.07, 6.45) is 0.167. The van der Waals surface area contributed by atoms with Crippen LogP contribution in [0.2, 0.25) is 0 Å². The molecule has 0 amide bonds. The lowest BCUT2D eigenvalue weighted by Crippen LogP contribution is -2.36. The minimum Gasteiger partial charge on any atom is -0.370 e. The molecule has 0 aliphatic rings. The molecule has 22 heavy (non-hydrogen) atoms. The lowest BCUT2D eigenvalue weighted by molar-refractivity contribution is -0.151. The zero-order chi connectivity index (χ0) is 15.1. The zero-order valence-electron chi connectivity index (χ0n) is 12.2. The summed E-state index contributed by atoms with van der Waals surface area (Å²) < 4.78 is 0. The molecule has 0 aliphatic heterocycles. The number of Topliss-reactive ketones (excluding diaryl/α,β-unsaturated/α-hetero) is 1. The Balaban J connectivity index is 0.00000242. The maximum absolute atomic E-state index is 12.1. The van der Waals surface area contributed by atoms with E-state index in [0.717, 1.165) is 5.56 Å². The Morgan fingerprint density at radius 2 is 1.55 bits per heavy atom. The number of hydroxylamine groups is 1. The second kappa shape index (κ2) is 8.97. The van der Waals surface area contributed by atoms with E-state index in [2.05, 4.69) is 5.48 Å². The molecule has 116 valence electrons. The number of nitrogens with one attached hydrogen (secondary N) is 1. The highest BCUT2D eigenvalue weighted by molar-refractivity contribution is 5.99. The number of ketones is 1. The van der Waals surface area contributed by atoms with Gasteiger partial charge in [0.1, 0.15) is 6.04 Å². The minimum absolute atomic E-state index is 0. The maximum atomic E-state index is 12.1. The fourth-order valence-electron chi connectivity index (χ4n) is 1.86. The summed E-state index contributed by atoms with van der Waals surface area (Å²) in [5.74, 6) is -0.544. The quantitative estimate of drug-likeness (QED) is 0.657. The first-order valence-electron chi connectivity index (χ1n) is 6.75. The normalized spacial score (nSPS) is 11.1. The zero-order valence-corrected chi connectivity index (χ0v) is 13.0. The molecule has 2 aromatic carbocycles. The summed E-state index contributed by atoms with van der Waals surface area (Å²) >= 11 is 0. The largest absolute Gasteiger partial charge is 0.370 e. The molecule has 0 aliphatic carbocycles. The molecule has 4 nitrogen and oxygen atoms in total. The van der Waals surface area contributed by atoms with E-state index in [4.69, 9.17) is 4.84 Å². The molecular formula is C17H18ClNO3. The van der Waals surface area contributed by atoms with Gasteiger partial charge in [-0.25, -0.2) is 0 Å². The number of benzene rings is 2. The van der Waals surface area contributed by atoms with Crippen LogP contribution in [0.25, 0.3) is 0 Å². The molecule has 0 spiro atoms. The van der Waals surface area contributed by atoms with Crippen LogP contribution in [0.3, 0.4) is 0 Å². The summed E-state index contributed by atoms with van der Waals surface area (Å²) in [7, 11) is 0. The van der Waals surface area contributed by atoms with Gasteiger partial charge in [-0.05, 0) is 12.5 Å². The van der Waals surface area contributed by atoms with Crippen molar-refractivity contribution >= 4 is 24.2 Å². The van der Waals surface area contributed by atoms with Gasteiger partial charge in [-0.3, -0.25) is 9.59 Å². The number of rotatable bonds is 6. The van der Waals surface area contributed by atoms with Crippen molar-refractivity contribution in [3.05, 3.63) is 71.8 Å². The van der Waals surface area contributed by atoms with Gasteiger partial charge in [0.05, 0.1) is 6.42 Å². The SMILES string of the molecule is C[C@H](NOC(=O)Cc1ccccc1)C(=O)c1ccccc1.Cl. The molecule has 0 radical (unpaired) electrons. The summed E-state index contributed by atoms with van der Waals surface area (Å²) in [6, 6.07) is 17.6. The van der Waals surface area contributed by atoms with Gasteiger partial charge >= 0.3 is 5.97 Å². The molecule has 0 fully saturated rings. The molecule has 0 unspecified atom stereocenters. The average Bonchev–Trinajstić information content (AvgIpc) is 2.53. The lowest BCUT2D eigenvalue weighted by atomic mass is 10.1. The van der Waals surface area contributed by atoms with Gasteiger partial charge in [-0.1, -0.05) is 60.7 Å². The molecule has 0 heterocycles. The second-order valence-corrected chi connectivity index (χ2v) is 4.71. The van der Waals surface area contributed by atoms with E-state index in [1.54, 1.807) is 31.2 Å². The third-order valence-electron chi connectivity index (χ3n) is 2.99. The van der Waals surface area contributed by atoms with Crippen LogP contribution in [0.1, 0.15) is 22.8 Å². The van der Waals surface area contributed by atoms with Gasteiger partial charge in [0.2, 0.25) is 0 Å². The predicted molar refractivity (Wildman–Crippen MR) is 86.9 cm³/mol. The molecular weight excluding hydrogens is 302 g/mol. The van der Waals surface area contributed by atoms with Crippen molar-refractivity contribution in [3.8, 4) is 0 Å². The first-order valence-corrected chi connectivity index (χ1v) is 6.75. The Bertz CT molecular complexity index is 602. The van der Waals surface area contributed by atoms with Gasteiger partial charge in [-0.15, -0.1) is 17.9 Å². The number of halogens is 1. The third-order valence-corrected chi connectivity index (χ3v) is 2.99. The monoisotopic (exact) mass is 319 g/mol. The molecule has 2 aromatic rings. The Kier molecular flexibility index (Phi) is 7.29. The molecule has 0 aromatic heterocycles. The first kappa shape index (κ1) is 17.9. The van der Waals surface area contributed by atoms with Crippen molar-refractivity contribution < 1.29 is 14.4 Å². The average molecular weight is 320 g/mol. The van der Waals surface area contributed by atoms with Gasteiger partial charge in [-0.2, -0.15) is 0 Å². The number of hydrogen-bond donors (Lipinski definition) is 1. The smallest absolute Gasteiger partial charge is 0.329 e. The van der Waals surface area contributed by atoms with Gasteiger partial charge < -0.3 is 4.84 Å². The van der Waals surface area contributed by atoms with E-state index in [1.807, 2.05) is 36.4 Å². The highest BCUT2D eigenvalue weighted by atomic mass is 35.5. The fraction of sp³-hybridized carbons (Fsp3) is 0.176. The predicted octanol–water partition coefficient (Wildman–Crippen LogP) is 2.97. The van der Waals surface area contributed by atoms with E-state index >= 15 is 0 Å². The van der Waals surface area contributed by atoms with E-state index in [9.17, 15) is 9.59 Å². The van der Waals surface area contributed by atoms with Gasteiger partial charge in [0, 0.05) is 5.56 Å². The molecule has 1 atom stereocenters. The molecule has 1 N–H and O–H groups in total. The van der Waals surface area contributed by atoms with Gasteiger partial charge in [0.25, 0.3) is 0 Å². The van der Waals surface area contributed by atoms with Crippen LogP contribution in [0, 0.1) is 0 Å². The van der Waals surface area contributed by atoms with E-state index in [1.165, 1.54) is 0 Å². The Morgan fingerprint density at radius 1 is 1.00 bits per heavy atom. The van der Waals surface area contributed by atoms with Crippen molar-refractivity contribution in [3.63, 3.8) is 0 Å². The topological polar surface area (TPSA) is 55.4 Å². The molecule has 2 rings (SSSR count). The molecule has 0 bridgehead atoms. The van der Waals surface area contributed by atoms with Crippen LogP contribution in [0.15, 0.2) is 60.7 Å². The summed E-state index contributed by atoms with van der Waals surface area (Å²) in [6.45, 7) is 1.66. The van der Waals surface area contributed by atoms with Crippen LogP contribution < -0.4 is 5.48 Å². The van der Waals surface area contributed by atoms with Crippen molar-refractivity contribution in [1.29, 1.82) is 0 Å². The second-order valence-electron chi connectivity index (χ2n) is 4.71. The van der Waals surface area contributed by atoms with E-state index < -0.39 is 12.0 Å². The van der Waals surface area contributed by atoms with Crippen LogP contribution in [-0.4, -0.2) is 17.8 Å². The number of hydrogen-bond acceptors (Lipinski definition) is 4. The van der Waals surface area contributed by atoms with E-state index in [0.29, 0.717) is 5.56 Å². The van der Waals surface area contributed by atoms with Crippen molar-refractivity contribution in [2.24, 2.45) is 0 Å². The summed E-state index contributed by atoms with van der Waals surface area (Å²) in [5.41, 5.74) is 3.95. The Morgan fingerprint density at radius 3 is 2.14 bits per heavy atom. The molecule has 5 heteroatoms. The summed E-state index contributed by atoms with van der Waals surface area (Å²) in [4.78, 5) is 28.7.